The number of carbonyl (C=O) groups is 1. The Kier molecular flexibility index (Phi) is 5.78. The van der Waals surface area contributed by atoms with Gasteiger partial charge in [-0.15, -0.1) is 5.10 Å². The van der Waals surface area contributed by atoms with E-state index in [9.17, 15) is 4.79 Å². The summed E-state index contributed by atoms with van der Waals surface area (Å²) in [6, 6.07) is 18.2. The molecule has 2 aliphatic rings. The number of fused-ring (bicyclic) bond motifs is 1. The third-order valence-corrected chi connectivity index (χ3v) is 5.98. The van der Waals surface area contributed by atoms with Gasteiger partial charge in [-0.05, 0) is 42.5 Å². The monoisotopic (exact) mass is 418 g/mol. The van der Waals surface area contributed by atoms with Gasteiger partial charge in [0.1, 0.15) is 5.69 Å². The fraction of sp³-hybridized carbons (Fsp3) is 0.375. The summed E-state index contributed by atoms with van der Waals surface area (Å²) in [7, 11) is 0. The number of nitrogens with zero attached hydrogens (tertiary/aromatic N) is 4. The Morgan fingerprint density at radius 3 is 2.58 bits per heavy atom. The molecule has 1 fully saturated rings. The topological polar surface area (TPSA) is 69.5 Å². The smallest absolute Gasteiger partial charge is 0.226 e. The fourth-order valence-corrected chi connectivity index (χ4v) is 4.37. The molecule has 1 amide bonds. The van der Waals surface area contributed by atoms with E-state index in [4.69, 9.17) is 9.47 Å². The molecule has 0 unspecified atom stereocenters. The Morgan fingerprint density at radius 1 is 1.03 bits per heavy atom. The molecule has 2 aromatic carbocycles. The van der Waals surface area contributed by atoms with Crippen LogP contribution in [0.2, 0.25) is 0 Å². The summed E-state index contributed by atoms with van der Waals surface area (Å²) in [5.74, 6) is 0.0864. The van der Waals surface area contributed by atoms with E-state index in [1.807, 2.05) is 47.5 Å². The van der Waals surface area contributed by atoms with Crippen LogP contribution in [0.5, 0.6) is 0 Å². The Hall–Kier alpha value is -3.03. The first-order valence-electron chi connectivity index (χ1n) is 10.8. The van der Waals surface area contributed by atoms with Crippen LogP contribution in [0.3, 0.4) is 0 Å². The summed E-state index contributed by atoms with van der Waals surface area (Å²) in [5.41, 5.74) is 4.30. The van der Waals surface area contributed by atoms with E-state index in [0.717, 1.165) is 30.6 Å². The maximum absolute atomic E-state index is 13.5. The van der Waals surface area contributed by atoms with Gasteiger partial charge >= 0.3 is 0 Å². The Morgan fingerprint density at radius 2 is 1.77 bits per heavy atom. The van der Waals surface area contributed by atoms with Crippen LogP contribution in [-0.4, -0.2) is 51.8 Å². The molecule has 1 aromatic heterocycles. The average molecular weight is 418 g/mol. The van der Waals surface area contributed by atoms with Gasteiger partial charge in [0.15, 0.2) is 6.29 Å². The third kappa shape index (κ3) is 4.52. The van der Waals surface area contributed by atoms with Crippen molar-refractivity contribution < 1.29 is 14.3 Å². The fourth-order valence-electron chi connectivity index (χ4n) is 4.37. The number of amides is 1. The molecule has 0 bridgehead atoms. The Labute approximate surface area is 181 Å². The molecule has 31 heavy (non-hydrogen) atoms. The van der Waals surface area contributed by atoms with E-state index in [1.165, 1.54) is 11.1 Å². The third-order valence-electron chi connectivity index (χ3n) is 5.98. The molecule has 1 aliphatic heterocycles. The number of para-hydroxylation sites is 1. The highest BCUT2D eigenvalue weighted by molar-refractivity contribution is 5.79. The zero-order valence-corrected chi connectivity index (χ0v) is 17.4. The van der Waals surface area contributed by atoms with Crippen molar-refractivity contribution in [3.05, 3.63) is 77.6 Å². The zero-order valence-electron chi connectivity index (χ0n) is 17.4. The van der Waals surface area contributed by atoms with Crippen LogP contribution in [0.4, 0.5) is 0 Å². The van der Waals surface area contributed by atoms with Crippen LogP contribution in [0.15, 0.2) is 60.8 Å². The summed E-state index contributed by atoms with van der Waals surface area (Å²) in [6.45, 7) is 1.91. The number of hydrogen-bond donors (Lipinski definition) is 0. The minimum absolute atomic E-state index is 0.0412. The van der Waals surface area contributed by atoms with Crippen molar-refractivity contribution in [2.45, 2.75) is 32.1 Å². The van der Waals surface area contributed by atoms with E-state index in [0.29, 0.717) is 26.3 Å². The zero-order chi connectivity index (χ0) is 21.0. The van der Waals surface area contributed by atoms with Gasteiger partial charge in [-0.2, -0.15) is 0 Å². The number of rotatable bonds is 6. The SMILES string of the molecule is O=C([C@@H]1CCc2ccccc2C1)N(Cc1cn(-c2ccccc2)nn1)CC1OCCO1. The lowest BCUT2D eigenvalue weighted by molar-refractivity contribution is -0.143. The first kappa shape index (κ1) is 19.9. The average Bonchev–Trinajstić information content (AvgIpc) is 3.51. The predicted molar refractivity (Wildman–Crippen MR) is 114 cm³/mol. The summed E-state index contributed by atoms with van der Waals surface area (Å²) in [4.78, 5) is 15.4. The summed E-state index contributed by atoms with van der Waals surface area (Å²) >= 11 is 0. The molecule has 0 N–H and O–H groups in total. The van der Waals surface area contributed by atoms with Crippen molar-refractivity contribution in [2.24, 2.45) is 5.92 Å². The van der Waals surface area contributed by atoms with Gasteiger partial charge in [-0.25, -0.2) is 4.68 Å². The molecule has 0 radical (unpaired) electrons. The van der Waals surface area contributed by atoms with E-state index >= 15 is 0 Å². The Bertz CT molecular complexity index is 1030. The second kappa shape index (κ2) is 8.99. The van der Waals surface area contributed by atoms with E-state index in [1.54, 1.807) is 4.68 Å². The lowest BCUT2D eigenvalue weighted by Crippen LogP contribution is -2.42. The van der Waals surface area contributed by atoms with Crippen LogP contribution < -0.4 is 0 Å². The lowest BCUT2D eigenvalue weighted by Gasteiger charge is -2.31. The minimum Gasteiger partial charge on any atom is -0.348 e. The molecule has 1 saturated heterocycles. The molecular formula is C24H26N4O3. The molecule has 7 nitrogen and oxygen atoms in total. The Balaban J connectivity index is 1.33. The van der Waals surface area contributed by atoms with Gasteiger partial charge in [0.05, 0.1) is 38.2 Å². The van der Waals surface area contributed by atoms with Crippen LogP contribution in [0.25, 0.3) is 5.69 Å². The van der Waals surface area contributed by atoms with Crippen molar-refractivity contribution in [3.8, 4) is 5.69 Å². The van der Waals surface area contributed by atoms with Crippen molar-refractivity contribution in [1.82, 2.24) is 19.9 Å². The maximum atomic E-state index is 13.5. The van der Waals surface area contributed by atoms with Gasteiger partial charge < -0.3 is 14.4 Å². The summed E-state index contributed by atoms with van der Waals surface area (Å²) in [6.07, 6.45) is 4.05. The summed E-state index contributed by atoms with van der Waals surface area (Å²) in [5, 5.41) is 8.55. The van der Waals surface area contributed by atoms with Gasteiger partial charge in [0.2, 0.25) is 5.91 Å². The first-order chi connectivity index (χ1) is 15.3. The highest BCUT2D eigenvalue weighted by Crippen LogP contribution is 2.27. The quantitative estimate of drug-likeness (QED) is 0.616. The number of benzene rings is 2. The molecule has 0 saturated carbocycles. The van der Waals surface area contributed by atoms with Gasteiger partial charge in [-0.3, -0.25) is 4.79 Å². The lowest BCUT2D eigenvalue weighted by atomic mass is 9.83. The predicted octanol–water partition coefficient (Wildman–Crippen LogP) is 2.77. The van der Waals surface area contributed by atoms with Crippen molar-refractivity contribution in [1.29, 1.82) is 0 Å². The normalized spacial score (nSPS) is 18.6. The van der Waals surface area contributed by atoms with Crippen LogP contribution in [-0.2, 0) is 33.7 Å². The van der Waals surface area contributed by atoms with Gasteiger partial charge in [0.25, 0.3) is 0 Å². The van der Waals surface area contributed by atoms with Crippen LogP contribution >= 0.6 is 0 Å². The van der Waals surface area contributed by atoms with Crippen molar-refractivity contribution in [3.63, 3.8) is 0 Å². The van der Waals surface area contributed by atoms with E-state index in [-0.39, 0.29) is 18.1 Å². The van der Waals surface area contributed by atoms with E-state index in [2.05, 4.69) is 28.5 Å². The molecule has 1 aliphatic carbocycles. The second-order valence-electron chi connectivity index (χ2n) is 8.09. The molecule has 3 aromatic rings. The molecule has 2 heterocycles. The number of aromatic nitrogens is 3. The largest absolute Gasteiger partial charge is 0.348 e. The molecule has 1 atom stereocenters. The highest BCUT2D eigenvalue weighted by atomic mass is 16.7. The number of hydrogen-bond acceptors (Lipinski definition) is 5. The standard InChI is InChI=1S/C24H26N4O3/c29-24(20-11-10-18-6-4-5-7-19(18)14-20)27(17-23-30-12-13-31-23)15-21-16-28(26-25-21)22-8-2-1-3-9-22/h1-9,16,20,23H,10-15,17H2/t20-/m1/s1. The van der Waals surface area contributed by atoms with Crippen molar-refractivity contribution in [2.75, 3.05) is 19.8 Å². The molecule has 5 rings (SSSR count). The number of carbonyl (C=O) groups excluding carboxylic acids is 1. The number of ether oxygens (including phenoxy) is 2. The highest BCUT2D eigenvalue weighted by Gasteiger charge is 2.31. The van der Waals surface area contributed by atoms with Gasteiger partial charge in [-0.1, -0.05) is 47.7 Å². The van der Waals surface area contributed by atoms with Crippen molar-refractivity contribution >= 4 is 5.91 Å². The maximum Gasteiger partial charge on any atom is 0.226 e. The van der Waals surface area contributed by atoms with Crippen LogP contribution in [0, 0.1) is 5.92 Å². The molecule has 160 valence electrons. The molecule has 0 spiro atoms. The van der Waals surface area contributed by atoms with Gasteiger partial charge in [0, 0.05) is 5.92 Å². The first-order valence-corrected chi connectivity index (χ1v) is 10.8. The second-order valence-corrected chi connectivity index (χ2v) is 8.09. The molecular weight excluding hydrogens is 392 g/mol. The molecule has 7 heteroatoms. The van der Waals surface area contributed by atoms with E-state index < -0.39 is 0 Å². The number of aryl methyl sites for hydroxylation is 1. The minimum atomic E-state index is -0.385. The summed E-state index contributed by atoms with van der Waals surface area (Å²) < 4.78 is 13.0. The van der Waals surface area contributed by atoms with Crippen LogP contribution in [0.1, 0.15) is 23.2 Å².